The quantitative estimate of drug-likeness (QED) is 0.112. The van der Waals surface area contributed by atoms with Crippen molar-refractivity contribution in [1.82, 2.24) is 0 Å². The maximum absolute atomic E-state index is 11.8. The van der Waals surface area contributed by atoms with Crippen LogP contribution in [0.2, 0.25) is 0 Å². The fourth-order valence-corrected chi connectivity index (χ4v) is 3.80. The van der Waals surface area contributed by atoms with Gasteiger partial charge in [0.25, 0.3) is 10.1 Å². The van der Waals surface area contributed by atoms with Crippen molar-refractivity contribution in [2.45, 2.75) is 109 Å². The van der Waals surface area contributed by atoms with E-state index in [9.17, 15) is 22.6 Å². The van der Waals surface area contributed by atoms with Crippen molar-refractivity contribution < 1.29 is 32.0 Å². The highest BCUT2D eigenvalue weighted by molar-refractivity contribution is 7.87. The van der Waals surface area contributed by atoms with Crippen LogP contribution in [-0.2, 0) is 29.2 Å². The monoisotopic (exact) mass is 462 g/mol. The van der Waals surface area contributed by atoms with Gasteiger partial charge in [0.2, 0.25) is 0 Å². The van der Waals surface area contributed by atoms with Crippen molar-refractivity contribution >= 4 is 22.1 Å². The van der Waals surface area contributed by atoms with Gasteiger partial charge in [-0.2, -0.15) is 8.42 Å². The minimum atomic E-state index is -4.75. The molecule has 0 rings (SSSR count). The molecular weight excluding hydrogens is 420 g/mol. The van der Waals surface area contributed by atoms with Gasteiger partial charge in [0.1, 0.15) is 6.61 Å². The zero-order valence-corrected chi connectivity index (χ0v) is 20.2. The topological polar surface area (TPSA) is 107 Å². The molecule has 1 N–H and O–H groups in total. The van der Waals surface area contributed by atoms with Crippen LogP contribution in [0.25, 0.3) is 0 Å². The maximum Gasteiger partial charge on any atom is 0.327 e. The Morgan fingerprint density at radius 3 is 1.77 bits per heavy atom. The zero-order valence-electron chi connectivity index (χ0n) is 19.4. The van der Waals surface area contributed by atoms with E-state index in [1.54, 1.807) is 13.0 Å². The third-order valence-corrected chi connectivity index (χ3v) is 6.12. The van der Waals surface area contributed by atoms with Crippen molar-refractivity contribution in [2.24, 2.45) is 0 Å². The Morgan fingerprint density at radius 2 is 1.32 bits per heavy atom. The van der Waals surface area contributed by atoms with E-state index in [-0.39, 0.29) is 13.2 Å². The third kappa shape index (κ3) is 17.9. The Balaban J connectivity index is 3.80. The molecular formula is C23H42O7S. The second-order valence-corrected chi connectivity index (χ2v) is 9.47. The van der Waals surface area contributed by atoms with Gasteiger partial charge in [-0.3, -0.25) is 14.1 Å². The molecule has 0 aromatic carbocycles. The summed E-state index contributed by atoms with van der Waals surface area (Å²) in [7, 11) is -4.75. The molecule has 0 aliphatic carbocycles. The van der Waals surface area contributed by atoms with Gasteiger partial charge in [-0.05, 0) is 13.3 Å². The molecule has 0 radical (unpaired) electrons. The standard InChI is InChI=1S/C23H42O7S/c1-3-5-7-8-9-10-11-12-13-14-15-16-17-19-29-22(24)20-21(31(26,27)28)23(25)30-18-6-4-2/h4,6,21H,3,5,7-20H2,1-2H3,(H,26,27,28)/b6-4+. The molecule has 31 heavy (non-hydrogen) atoms. The fourth-order valence-electron chi connectivity index (χ4n) is 3.15. The lowest BCUT2D eigenvalue weighted by Gasteiger charge is -2.12. The predicted molar refractivity (Wildman–Crippen MR) is 122 cm³/mol. The molecule has 0 aromatic heterocycles. The third-order valence-electron chi connectivity index (χ3n) is 5.04. The highest BCUT2D eigenvalue weighted by atomic mass is 32.2. The molecule has 0 aliphatic rings. The molecule has 0 saturated carbocycles. The van der Waals surface area contributed by atoms with Crippen molar-refractivity contribution in [1.29, 1.82) is 0 Å². The number of esters is 2. The van der Waals surface area contributed by atoms with Crippen molar-refractivity contribution in [3.8, 4) is 0 Å². The van der Waals surface area contributed by atoms with Crippen LogP contribution in [0.3, 0.4) is 0 Å². The van der Waals surface area contributed by atoms with Gasteiger partial charge in [-0.1, -0.05) is 96.1 Å². The van der Waals surface area contributed by atoms with Crippen LogP contribution in [0, 0.1) is 0 Å². The SMILES string of the molecule is C/C=C/COC(=O)C(CC(=O)OCCCCCCCCCCCCCCC)S(=O)(=O)O. The second-order valence-electron chi connectivity index (χ2n) is 7.87. The summed E-state index contributed by atoms with van der Waals surface area (Å²) in [5, 5.41) is -1.96. The van der Waals surface area contributed by atoms with E-state index in [0.29, 0.717) is 6.42 Å². The molecule has 0 spiro atoms. The van der Waals surface area contributed by atoms with Crippen molar-refractivity contribution in [2.75, 3.05) is 13.2 Å². The summed E-state index contributed by atoms with van der Waals surface area (Å²) in [5.74, 6) is -2.01. The number of unbranched alkanes of at least 4 members (excludes halogenated alkanes) is 12. The van der Waals surface area contributed by atoms with E-state index in [1.165, 1.54) is 63.9 Å². The van der Waals surface area contributed by atoms with E-state index in [1.807, 2.05) is 0 Å². The Kier molecular flexibility index (Phi) is 18.4. The van der Waals surface area contributed by atoms with E-state index in [2.05, 4.69) is 6.92 Å². The summed E-state index contributed by atoms with van der Waals surface area (Å²) < 4.78 is 41.7. The molecule has 1 unspecified atom stereocenters. The highest BCUT2D eigenvalue weighted by Crippen LogP contribution is 2.13. The lowest BCUT2D eigenvalue weighted by Crippen LogP contribution is -2.34. The number of carbonyl (C=O) groups is 2. The summed E-state index contributed by atoms with van der Waals surface area (Å²) in [5.41, 5.74) is 0. The van der Waals surface area contributed by atoms with Crippen LogP contribution >= 0.6 is 0 Å². The number of carbonyl (C=O) groups excluding carboxylic acids is 2. The second kappa shape index (κ2) is 19.3. The van der Waals surface area contributed by atoms with Gasteiger partial charge in [0, 0.05) is 0 Å². The Morgan fingerprint density at radius 1 is 0.839 bits per heavy atom. The molecule has 0 aromatic rings. The van der Waals surface area contributed by atoms with E-state index in [4.69, 9.17) is 9.47 Å². The molecule has 0 aliphatic heterocycles. The summed E-state index contributed by atoms with van der Waals surface area (Å²) in [4.78, 5) is 23.6. The summed E-state index contributed by atoms with van der Waals surface area (Å²) in [6.07, 6.45) is 18.0. The molecule has 0 amide bonds. The number of ether oxygens (including phenoxy) is 2. The molecule has 7 nitrogen and oxygen atoms in total. The minimum Gasteiger partial charge on any atom is -0.466 e. The molecule has 1 atom stereocenters. The first-order chi connectivity index (χ1) is 14.8. The van der Waals surface area contributed by atoms with Gasteiger partial charge >= 0.3 is 11.9 Å². The number of hydrogen-bond acceptors (Lipinski definition) is 6. The first-order valence-electron chi connectivity index (χ1n) is 11.7. The summed E-state index contributed by atoms with van der Waals surface area (Å²) >= 11 is 0. The van der Waals surface area contributed by atoms with Gasteiger partial charge in [-0.15, -0.1) is 0 Å². The van der Waals surface area contributed by atoms with Crippen LogP contribution in [-0.4, -0.2) is 43.4 Å². The molecule has 0 fully saturated rings. The smallest absolute Gasteiger partial charge is 0.327 e. The van der Waals surface area contributed by atoms with Crippen molar-refractivity contribution in [3.63, 3.8) is 0 Å². The Hall–Kier alpha value is -1.41. The molecule has 0 saturated heterocycles. The van der Waals surface area contributed by atoms with Gasteiger partial charge in [-0.25, -0.2) is 0 Å². The zero-order chi connectivity index (χ0) is 23.4. The molecule has 0 bridgehead atoms. The first-order valence-corrected chi connectivity index (χ1v) is 13.2. The first kappa shape index (κ1) is 29.6. The van der Waals surface area contributed by atoms with E-state index >= 15 is 0 Å². The predicted octanol–water partition coefficient (Wildman–Crippen LogP) is 5.39. The lowest BCUT2D eigenvalue weighted by molar-refractivity contribution is -0.149. The van der Waals surface area contributed by atoms with Crippen LogP contribution in [0.1, 0.15) is 104 Å². The fraction of sp³-hybridized carbons (Fsp3) is 0.826. The van der Waals surface area contributed by atoms with Crippen LogP contribution in [0.15, 0.2) is 12.2 Å². The normalized spacial score (nSPS) is 12.7. The molecule has 182 valence electrons. The average Bonchev–Trinajstić information content (AvgIpc) is 2.71. The van der Waals surface area contributed by atoms with E-state index < -0.39 is 33.7 Å². The van der Waals surface area contributed by atoms with Crippen LogP contribution < -0.4 is 0 Å². The maximum atomic E-state index is 11.8. The van der Waals surface area contributed by atoms with Crippen molar-refractivity contribution in [3.05, 3.63) is 12.2 Å². The lowest BCUT2D eigenvalue weighted by atomic mass is 10.0. The van der Waals surface area contributed by atoms with Crippen LogP contribution in [0.4, 0.5) is 0 Å². The number of allylic oxidation sites excluding steroid dienone is 1. The van der Waals surface area contributed by atoms with Gasteiger partial charge in [0.15, 0.2) is 5.25 Å². The van der Waals surface area contributed by atoms with Crippen LogP contribution in [0.5, 0.6) is 0 Å². The minimum absolute atomic E-state index is 0.130. The summed E-state index contributed by atoms with van der Waals surface area (Å²) in [6.45, 7) is 3.98. The molecule has 8 heteroatoms. The van der Waals surface area contributed by atoms with Gasteiger partial charge < -0.3 is 9.47 Å². The Labute approximate surface area is 188 Å². The van der Waals surface area contributed by atoms with Gasteiger partial charge in [0.05, 0.1) is 13.0 Å². The number of hydrogen-bond donors (Lipinski definition) is 1. The average molecular weight is 463 g/mol. The Bertz CT molecular complexity index is 599. The number of rotatable bonds is 20. The molecule has 0 heterocycles. The summed E-state index contributed by atoms with van der Waals surface area (Å²) in [6, 6.07) is 0. The van der Waals surface area contributed by atoms with E-state index in [0.717, 1.165) is 19.3 Å². The highest BCUT2D eigenvalue weighted by Gasteiger charge is 2.35. The largest absolute Gasteiger partial charge is 0.466 e.